The number of likely N-dealkylation sites (N-methyl/N-ethyl adjacent to an activating group) is 1. The van der Waals surface area contributed by atoms with Crippen LogP contribution in [0.2, 0.25) is 0 Å². The van der Waals surface area contributed by atoms with E-state index in [0.29, 0.717) is 5.75 Å². The Labute approximate surface area is 148 Å². The largest absolute Gasteiger partial charge is 0.495 e. The number of anilines is 1. The Kier molecular flexibility index (Phi) is 6.55. The van der Waals surface area contributed by atoms with E-state index in [1.165, 1.54) is 39.3 Å². The van der Waals surface area contributed by atoms with Crippen LogP contribution in [0.25, 0.3) is 0 Å². The van der Waals surface area contributed by atoms with Crippen LogP contribution in [0.15, 0.2) is 23.1 Å². The molecule has 1 aromatic rings. The number of ether oxygens (including phenoxy) is 1. The fraction of sp³-hybridized carbons (Fsp3) is 0.500. The zero-order valence-electron chi connectivity index (χ0n) is 15.3. The molecule has 140 valence electrons. The van der Waals surface area contributed by atoms with Crippen LogP contribution in [0.1, 0.15) is 27.7 Å². The predicted molar refractivity (Wildman–Crippen MR) is 95.0 cm³/mol. The van der Waals surface area contributed by atoms with Crippen molar-refractivity contribution >= 4 is 27.5 Å². The maximum absolute atomic E-state index is 12.7. The highest BCUT2D eigenvalue weighted by Gasteiger charge is 2.25. The molecule has 0 fully saturated rings. The molecule has 0 aliphatic carbocycles. The van der Waals surface area contributed by atoms with Gasteiger partial charge < -0.3 is 15.4 Å². The van der Waals surface area contributed by atoms with Gasteiger partial charge in [-0.2, -0.15) is 4.31 Å². The Morgan fingerprint density at radius 3 is 2.32 bits per heavy atom. The molecule has 8 nitrogen and oxygen atoms in total. The highest BCUT2D eigenvalue weighted by atomic mass is 32.2. The van der Waals surface area contributed by atoms with Gasteiger partial charge in [0.05, 0.1) is 24.2 Å². The van der Waals surface area contributed by atoms with E-state index in [2.05, 4.69) is 10.6 Å². The summed E-state index contributed by atoms with van der Waals surface area (Å²) in [5.41, 5.74) is -0.218. The second-order valence-corrected chi connectivity index (χ2v) is 8.65. The molecule has 0 heterocycles. The smallest absolute Gasteiger partial charge is 0.243 e. The first kappa shape index (κ1) is 20.9. The van der Waals surface area contributed by atoms with E-state index in [1.807, 2.05) is 20.8 Å². The average Bonchev–Trinajstić information content (AvgIpc) is 2.44. The minimum Gasteiger partial charge on any atom is -0.495 e. The molecule has 0 saturated carbocycles. The molecule has 25 heavy (non-hydrogen) atoms. The van der Waals surface area contributed by atoms with Crippen molar-refractivity contribution in [3.05, 3.63) is 18.2 Å². The quantitative estimate of drug-likeness (QED) is 0.781. The minimum atomic E-state index is -3.91. The summed E-state index contributed by atoms with van der Waals surface area (Å²) in [5.74, 6) is -0.429. The molecule has 1 rings (SSSR count). The Balaban J connectivity index is 3.08. The van der Waals surface area contributed by atoms with Gasteiger partial charge in [0.25, 0.3) is 0 Å². The predicted octanol–water partition coefficient (Wildman–Crippen LogP) is 1.19. The Morgan fingerprint density at radius 2 is 1.84 bits per heavy atom. The van der Waals surface area contributed by atoms with E-state index in [0.717, 1.165) is 4.31 Å². The summed E-state index contributed by atoms with van der Waals surface area (Å²) in [6.45, 7) is 6.42. The topological polar surface area (TPSA) is 105 Å². The molecule has 9 heteroatoms. The number of hydrogen-bond donors (Lipinski definition) is 2. The third-order valence-electron chi connectivity index (χ3n) is 3.07. The van der Waals surface area contributed by atoms with E-state index < -0.39 is 21.5 Å². The van der Waals surface area contributed by atoms with E-state index in [-0.39, 0.29) is 23.0 Å². The second-order valence-electron chi connectivity index (χ2n) is 6.60. The first-order valence-corrected chi connectivity index (χ1v) is 9.04. The minimum absolute atomic E-state index is 0.0527. The second kappa shape index (κ2) is 7.83. The number of benzene rings is 1. The summed E-state index contributed by atoms with van der Waals surface area (Å²) in [6, 6.07) is 4.10. The summed E-state index contributed by atoms with van der Waals surface area (Å²) in [6.07, 6.45) is 0. The lowest BCUT2D eigenvalue weighted by Crippen LogP contribution is -2.46. The van der Waals surface area contributed by atoms with Crippen LogP contribution in [0.4, 0.5) is 5.69 Å². The van der Waals surface area contributed by atoms with Gasteiger partial charge in [-0.15, -0.1) is 0 Å². The summed E-state index contributed by atoms with van der Waals surface area (Å²) < 4.78 is 31.4. The van der Waals surface area contributed by atoms with Crippen molar-refractivity contribution in [2.45, 2.75) is 38.1 Å². The fourth-order valence-electron chi connectivity index (χ4n) is 2.06. The van der Waals surface area contributed by atoms with Crippen LogP contribution >= 0.6 is 0 Å². The zero-order chi connectivity index (χ0) is 19.4. The Hall–Kier alpha value is -2.13. The van der Waals surface area contributed by atoms with Gasteiger partial charge in [-0.05, 0) is 39.0 Å². The van der Waals surface area contributed by atoms with Gasteiger partial charge in [0.2, 0.25) is 21.8 Å². The molecule has 0 atom stereocenters. The third kappa shape index (κ3) is 6.02. The van der Waals surface area contributed by atoms with Crippen LogP contribution in [0.5, 0.6) is 5.75 Å². The molecule has 0 aliphatic rings. The molecular formula is C16H25N3O5S. The van der Waals surface area contributed by atoms with Crippen LogP contribution in [-0.2, 0) is 19.6 Å². The van der Waals surface area contributed by atoms with Gasteiger partial charge in [-0.25, -0.2) is 8.42 Å². The van der Waals surface area contributed by atoms with Gasteiger partial charge in [-0.1, -0.05) is 0 Å². The van der Waals surface area contributed by atoms with Crippen molar-refractivity contribution in [1.82, 2.24) is 9.62 Å². The van der Waals surface area contributed by atoms with E-state index in [9.17, 15) is 18.0 Å². The van der Waals surface area contributed by atoms with E-state index in [1.54, 1.807) is 0 Å². The number of methoxy groups -OCH3 is 1. The van der Waals surface area contributed by atoms with E-state index in [4.69, 9.17) is 4.74 Å². The molecular weight excluding hydrogens is 346 g/mol. The molecule has 0 saturated heterocycles. The highest BCUT2D eigenvalue weighted by Crippen LogP contribution is 2.28. The lowest BCUT2D eigenvalue weighted by molar-refractivity contribution is -0.122. The SMILES string of the molecule is COc1ccc(S(=O)(=O)N(C)CC(=O)NC(C)(C)C)cc1NC(C)=O. The summed E-state index contributed by atoms with van der Waals surface area (Å²) >= 11 is 0. The van der Waals surface area contributed by atoms with Crippen molar-refractivity contribution in [2.24, 2.45) is 0 Å². The average molecular weight is 371 g/mol. The summed E-state index contributed by atoms with van der Waals surface area (Å²) in [7, 11) is -1.17. The van der Waals surface area contributed by atoms with Gasteiger partial charge in [-0.3, -0.25) is 9.59 Å². The van der Waals surface area contributed by atoms with Crippen LogP contribution in [-0.4, -0.2) is 50.8 Å². The number of amides is 2. The number of hydrogen-bond acceptors (Lipinski definition) is 5. The standard InChI is InChI=1S/C16H25N3O5S/c1-11(20)17-13-9-12(7-8-14(13)24-6)25(22,23)19(5)10-15(21)18-16(2,3)4/h7-9H,10H2,1-6H3,(H,17,20)(H,18,21). The third-order valence-corrected chi connectivity index (χ3v) is 4.87. The molecule has 2 amide bonds. The van der Waals surface area contributed by atoms with Gasteiger partial charge in [0, 0.05) is 19.5 Å². The van der Waals surface area contributed by atoms with Gasteiger partial charge in [0.1, 0.15) is 5.75 Å². The monoisotopic (exact) mass is 371 g/mol. The number of nitrogens with one attached hydrogen (secondary N) is 2. The van der Waals surface area contributed by atoms with E-state index >= 15 is 0 Å². The van der Waals surface area contributed by atoms with Crippen molar-refractivity contribution < 1.29 is 22.7 Å². The fourth-order valence-corrected chi connectivity index (χ4v) is 3.21. The molecule has 0 bridgehead atoms. The maximum atomic E-state index is 12.7. The molecule has 2 N–H and O–H groups in total. The van der Waals surface area contributed by atoms with Crippen molar-refractivity contribution in [3.63, 3.8) is 0 Å². The summed E-state index contributed by atoms with van der Waals surface area (Å²) in [5, 5.41) is 5.23. The Bertz CT molecular complexity index is 754. The number of sulfonamides is 1. The van der Waals surface area contributed by atoms with Gasteiger partial charge in [0.15, 0.2) is 0 Å². The number of carbonyl (C=O) groups is 2. The molecule has 0 radical (unpaired) electrons. The maximum Gasteiger partial charge on any atom is 0.243 e. The number of rotatable bonds is 6. The van der Waals surface area contributed by atoms with Crippen molar-refractivity contribution in [3.8, 4) is 5.75 Å². The molecule has 0 unspecified atom stereocenters. The molecule has 0 aromatic heterocycles. The lowest BCUT2D eigenvalue weighted by Gasteiger charge is -2.23. The molecule has 0 aliphatic heterocycles. The van der Waals surface area contributed by atoms with Gasteiger partial charge >= 0.3 is 0 Å². The van der Waals surface area contributed by atoms with Crippen LogP contribution in [0.3, 0.4) is 0 Å². The molecule has 0 spiro atoms. The normalized spacial score (nSPS) is 12.0. The first-order valence-electron chi connectivity index (χ1n) is 7.60. The first-order chi connectivity index (χ1) is 11.4. The Morgan fingerprint density at radius 1 is 1.24 bits per heavy atom. The summed E-state index contributed by atoms with van der Waals surface area (Å²) in [4.78, 5) is 23.2. The highest BCUT2D eigenvalue weighted by molar-refractivity contribution is 7.89. The molecule has 1 aromatic carbocycles. The zero-order valence-corrected chi connectivity index (χ0v) is 16.2. The lowest BCUT2D eigenvalue weighted by atomic mass is 10.1. The number of nitrogens with zero attached hydrogens (tertiary/aromatic N) is 1. The van der Waals surface area contributed by atoms with Crippen LogP contribution < -0.4 is 15.4 Å². The van der Waals surface area contributed by atoms with Crippen molar-refractivity contribution in [1.29, 1.82) is 0 Å². The van der Waals surface area contributed by atoms with Crippen molar-refractivity contribution in [2.75, 3.05) is 26.0 Å². The van der Waals surface area contributed by atoms with Crippen LogP contribution in [0, 0.1) is 0 Å². The number of carbonyl (C=O) groups excluding carboxylic acids is 2.